The second-order valence-corrected chi connectivity index (χ2v) is 4.12. The topological polar surface area (TPSA) is 78.9 Å². The van der Waals surface area contributed by atoms with Gasteiger partial charge in [0.25, 0.3) is 0 Å². The maximum Gasteiger partial charge on any atom is 0.338 e. The number of hydrogen-bond acceptors (Lipinski definition) is 6. The molecule has 0 N–H and O–H groups in total. The van der Waals surface area contributed by atoms with Gasteiger partial charge in [-0.3, -0.25) is 9.59 Å². The van der Waals surface area contributed by atoms with Crippen LogP contribution >= 0.6 is 0 Å². The molecule has 0 atom stereocenters. The number of hydrogen-bond donors (Lipinski definition) is 0. The molecule has 0 aliphatic heterocycles. The lowest BCUT2D eigenvalue weighted by Gasteiger charge is -2.05. The van der Waals surface area contributed by atoms with E-state index in [1.54, 1.807) is 24.3 Å². The second-order valence-electron chi connectivity index (χ2n) is 4.12. The van der Waals surface area contributed by atoms with Crippen LogP contribution in [0.15, 0.2) is 35.9 Å². The van der Waals surface area contributed by atoms with Crippen molar-refractivity contribution in [3.05, 3.63) is 35.9 Å². The Morgan fingerprint density at radius 2 is 1.62 bits per heavy atom. The van der Waals surface area contributed by atoms with Crippen molar-refractivity contribution in [3.63, 3.8) is 0 Å². The van der Waals surface area contributed by atoms with Crippen molar-refractivity contribution in [1.29, 1.82) is 0 Å². The molecular weight excluding hydrogens is 276 g/mol. The molecule has 0 amide bonds. The van der Waals surface area contributed by atoms with Crippen LogP contribution in [0.4, 0.5) is 0 Å². The summed E-state index contributed by atoms with van der Waals surface area (Å²) in [5.41, 5.74) is 0.242. The van der Waals surface area contributed by atoms with Gasteiger partial charge in [-0.2, -0.15) is 0 Å². The van der Waals surface area contributed by atoms with Crippen LogP contribution in [0.1, 0.15) is 20.3 Å². The van der Waals surface area contributed by atoms with Crippen LogP contribution in [0.5, 0.6) is 11.5 Å². The van der Waals surface area contributed by atoms with Gasteiger partial charge in [-0.15, -0.1) is 0 Å². The van der Waals surface area contributed by atoms with Crippen molar-refractivity contribution in [2.75, 3.05) is 7.11 Å². The zero-order valence-electron chi connectivity index (χ0n) is 12.0. The van der Waals surface area contributed by atoms with Crippen LogP contribution in [0.3, 0.4) is 0 Å². The van der Waals surface area contributed by atoms with Gasteiger partial charge < -0.3 is 14.2 Å². The van der Waals surface area contributed by atoms with Crippen LogP contribution in [-0.4, -0.2) is 25.0 Å². The summed E-state index contributed by atoms with van der Waals surface area (Å²) in [6.07, 6.45) is 1.17. The molecule has 0 saturated heterocycles. The first-order chi connectivity index (χ1) is 9.92. The molecule has 0 radical (unpaired) electrons. The minimum absolute atomic E-state index is 0.177. The lowest BCUT2D eigenvalue weighted by molar-refractivity contribution is -0.157. The summed E-state index contributed by atoms with van der Waals surface area (Å²) < 4.78 is 14.4. The number of rotatable bonds is 5. The van der Waals surface area contributed by atoms with E-state index < -0.39 is 17.9 Å². The van der Waals surface area contributed by atoms with E-state index in [4.69, 9.17) is 9.47 Å². The SMILES string of the molecule is COc1ccc(OC(=O)C(C)=CCC(=O)OC(C)=O)cc1. The van der Waals surface area contributed by atoms with Crippen LogP contribution < -0.4 is 9.47 Å². The highest BCUT2D eigenvalue weighted by atomic mass is 16.6. The average Bonchev–Trinajstić information content (AvgIpc) is 2.44. The third-order valence-corrected chi connectivity index (χ3v) is 2.42. The molecule has 0 fully saturated rings. The Balaban J connectivity index is 2.57. The molecule has 0 heterocycles. The molecule has 6 nitrogen and oxygen atoms in total. The number of carbonyl (C=O) groups excluding carboxylic acids is 3. The van der Waals surface area contributed by atoms with E-state index in [0.717, 1.165) is 6.92 Å². The van der Waals surface area contributed by atoms with Gasteiger partial charge >= 0.3 is 17.9 Å². The Bertz CT molecular complexity index is 556. The van der Waals surface area contributed by atoms with Gasteiger partial charge in [0.15, 0.2) is 0 Å². The van der Waals surface area contributed by atoms with Gasteiger partial charge in [0.2, 0.25) is 0 Å². The second kappa shape index (κ2) is 7.84. The van der Waals surface area contributed by atoms with E-state index in [0.29, 0.717) is 11.5 Å². The maximum absolute atomic E-state index is 11.8. The summed E-state index contributed by atoms with van der Waals surface area (Å²) >= 11 is 0. The standard InChI is InChI=1S/C15H16O6/c1-10(4-9-14(17)20-11(2)16)15(18)21-13-7-5-12(19-3)6-8-13/h4-8H,9H2,1-3H3. The number of methoxy groups -OCH3 is 1. The van der Waals surface area contributed by atoms with Gasteiger partial charge in [0.1, 0.15) is 11.5 Å². The molecular formula is C15H16O6. The summed E-state index contributed by atoms with van der Waals surface area (Å²) in [7, 11) is 1.54. The van der Waals surface area contributed by atoms with E-state index in [9.17, 15) is 14.4 Å². The largest absolute Gasteiger partial charge is 0.497 e. The zero-order chi connectivity index (χ0) is 15.8. The predicted molar refractivity (Wildman–Crippen MR) is 73.8 cm³/mol. The quantitative estimate of drug-likeness (QED) is 0.357. The number of ether oxygens (including phenoxy) is 3. The monoisotopic (exact) mass is 292 g/mol. The fraction of sp³-hybridized carbons (Fsp3) is 0.267. The highest BCUT2D eigenvalue weighted by Crippen LogP contribution is 2.18. The molecule has 0 aliphatic rings. The Morgan fingerprint density at radius 3 is 2.14 bits per heavy atom. The summed E-state index contributed by atoms with van der Waals surface area (Å²) in [5, 5.41) is 0. The molecule has 1 rings (SSSR count). The first-order valence-electron chi connectivity index (χ1n) is 6.16. The normalized spacial score (nSPS) is 10.7. The lowest BCUT2D eigenvalue weighted by Crippen LogP contribution is -2.11. The van der Waals surface area contributed by atoms with E-state index >= 15 is 0 Å². The van der Waals surface area contributed by atoms with E-state index in [-0.39, 0.29) is 12.0 Å². The van der Waals surface area contributed by atoms with Gasteiger partial charge in [-0.25, -0.2) is 4.79 Å². The Morgan fingerprint density at radius 1 is 1.05 bits per heavy atom. The molecule has 0 unspecified atom stereocenters. The fourth-order valence-electron chi connectivity index (χ4n) is 1.35. The number of esters is 3. The molecule has 6 heteroatoms. The highest BCUT2D eigenvalue weighted by Gasteiger charge is 2.10. The summed E-state index contributed by atoms with van der Waals surface area (Å²) in [6.45, 7) is 2.64. The van der Waals surface area contributed by atoms with Gasteiger partial charge in [0.05, 0.1) is 13.5 Å². The Hall–Kier alpha value is -2.63. The van der Waals surface area contributed by atoms with Crippen LogP contribution in [0.2, 0.25) is 0 Å². The van der Waals surface area contributed by atoms with E-state index in [2.05, 4.69) is 4.74 Å². The average molecular weight is 292 g/mol. The Kier molecular flexibility index (Phi) is 6.13. The van der Waals surface area contributed by atoms with Crippen molar-refractivity contribution in [1.82, 2.24) is 0 Å². The molecule has 0 saturated carbocycles. The molecule has 112 valence electrons. The van der Waals surface area contributed by atoms with Crippen molar-refractivity contribution in [3.8, 4) is 11.5 Å². The highest BCUT2D eigenvalue weighted by molar-refractivity contribution is 5.91. The van der Waals surface area contributed by atoms with Gasteiger partial charge in [0, 0.05) is 12.5 Å². The first kappa shape index (κ1) is 16.4. The lowest BCUT2D eigenvalue weighted by atomic mass is 10.2. The zero-order valence-corrected chi connectivity index (χ0v) is 12.0. The van der Waals surface area contributed by atoms with Gasteiger partial charge in [-0.1, -0.05) is 6.08 Å². The molecule has 0 bridgehead atoms. The first-order valence-corrected chi connectivity index (χ1v) is 6.16. The minimum Gasteiger partial charge on any atom is -0.497 e. The summed E-state index contributed by atoms with van der Waals surface area (Å²) in [6, 6.07) is 6.50. The van der Waals surface area contributed by atoms with Crippen molar-refractivity contribution in [2.24, 2.45) is 0 Å². The number of carbonyl (C=O) groups is 3. The van der Waals surface area contributed by atoms with Crippen LogP contribution in [0, 0.1) is 0 Å². The Labute approximate surface area is 122 Å². The molecule has 1 aromatic rings. The molecule has 0 aromatic heterocycles. The van der Waals surface area contributed by atoms with Crippen molar-refractivity contribution in [2.45, 2.75) is 20.3 Å². The van der Waals surface area contributed by atoms with Crippen molar-refractivity contribution >= 4 is 17.9 Å². The molecule has 0 aliphatic carbocycles. The molecule has 1 aromatic carbocycles. The van der Waals surface area contributed by atoms with Crippen LogP contribution in [-0.2, 0) is 19.1 Å². The third-order valence-electron chi connectivity index (χ3n) is 2.42. The smallest absolute Gasteiger partial charge is 0.338 e. The van der Waals surface area contributed by atoms with Gasteiger partial charge in [-0.05, 0) is 31.2 Å². The summed E-state index contributed by atoms with van der Waals surface area (Å²) in [5.74, 6) is -0.990. The molecule has 0 spiro atoms. The van der Waals surface area contributed by atoms with E-state index in [1.807, 2.05) is 0 Å². The third kappa shape index (κ3) is 5.90. The number of benzene rings is 1. The fourth-order valence-corrected chi connectivity index (χ4v) is 1.35. The molecule has 21 heavy (non-hydrogen) atoms. The predicted octanol–water partition coefficient (Wildman–Crippen LogP) is 2.03. The summed E-state index contributed by atoms with van der Waals surface area (Å²) in [4.78, 5) is 33.5. The minimum atomic E-state index is -0.723. The maximum atomic E-state index is 11.8. The van der Waals surface area contributed by atoms with E-state index in [1.165, 1.54) is 20.1 Å². The van der Waals surface area contributed by atoms with Crippen molar-refractivity contribution < 1.29 is 28.6 Å². The van der Waals surface area contributed by atoms with Crippen LogP contribution in [0.25, 0.3) is 0 Å².